The van der Waals surface area contributed by atoms with Gasteiger partial charge in [-0.05, 0) is 18.1 Å². The van der Waals surface area contributed by atoms with Gasteiger partial charge in [-0.2, -0.15) is 0 Å². The summed E-state index contributed by atoms with van der Waals surface area (Å²) < 4.78 is 5.20. The molecule has 1 aliphatic rings. The van der Waals surface area contributed by atoms with Crippen LogP contribution in [0.1, 0.15) is 28.1 Å². The van der Waals surface area contributed by atoms with Crippen LogP contribution in [-0.2, 0) is 20.9 Å². The van der Waals surface area contributed by atoms with E-state index < -0.39 is 11.9 Å². The maximum Gasteiger partial charge on any atom is 0.253 e. The molecule has 6 nitrogen and oxygen atoms in total. The van der Waals surface area contributed by atoms with E-state index in [1.165, 1.54) is 11.3 Å². The van der Waals surface area contributed by atoms with Gasteiger partial charge in [0.25, 0.3) is 5.91 Å². The summed E-state index contributed by atoms with van der Waals surface area (Å²) in [6.07, 6.45) is 0.534. The minimum Gasteiger partial charge on any atom is -0.379 e. The van der Waals surface area contributed by atoms with Crippen LogP contribution < -0.4 is 10.6 Å². The Balaban J connectivity index is 1.82. The Bertz CT molecular complexity index is 801. The summed E-state index contributed by atoms with van der Waals surface area (Å²) in [4.78, 5) is 37.5. The number of piperidine rings is 1. The Kier molecular flexibility index (Phi) is 5.25. The van der Waals surface area contributed by atoms with Crippen LogP contribution in [0.4, 0.5) is 0 Å². The Morgan fingerprint density at radius 2 is 2.08 bits per heavy atom. The van der Waals surface area contributed by atoms with Crippen LogP contribution in [-0.4, -0.2) is 30.9 Å². The van der Waals surface area contributed by atoms with Crippen LogP contribution in [0.5, 0.6) is 0 Å². The number of rotatable bonds is 5. The molecule has 0 aliphatic carbocycles. The molecule has 1 aromatic carbocycles. The molecule has 1 aliphatic heterocycles. The van der Waals surface area contributed by atoms with Gasteiger partial charge in [0, 0.05) is 23.3 Å². The van der Waals surface area contributed by atoms with Crippen molar-refractivity contribution < 1.29 is 19.1 Å². The third-order valence-electron chi connectivity index (χ3n) is 3.93. The van der Waals surface area contributed by atoms with Gasteiger partial charge in [0.2, 0.25) is 11.8 Å². The van der Waals surface area contributed by atoms with Crippen molar-refractivity contribution >= 4 is 29.1 Å². The Labute approximate surface area is 149 Å². The molecular weight excluding hydrogens is 340 g/mol. The van der Waals surface area contributed by atoms with Gasteiger partial charge >= 0.3 is 0 Å². The molecule has 3 amide bonds. The second kappa shape index (κ2) is 7.58. The van der Waals surface area contributed by atoms with Crippen LogP contribution in [0.15, 0.2) is 36.4 Å². The van der Waals surface area contributed by atoms with Crippen molar-refractivity contribution in [2.24, 2.45) is 0 Å². The topological polar surface area (TPSA) is 84.5 Å². The highest BCUT2D eigenvalue weighted by Gasteiger charge is 2.29. The molecule has 25 heavy (non-hydrogen) atoms. The molecule has 0 bridgehead atoms. The van der Waals surface area contributed by atoms with E-state index in [-0.39, 0.29) is 18.2 Å². The van der Waals surface area contributed by atoms with E-state index >= 15 is 0 Å². The number of carbonyl (C=O) groups excluding carboxylic acids is 3. The lowest BCUT2D eigenvalue weighted by molar-refractivity contribution is -0.134. The molecule has 2 aromatic rings. The van der Waals surface area contributed by atoms with Crippen molar-refractivity contribution in [3.63, 3.8) is 0 Å². The highest BCUT2D eigenvalue weighted by atomic mass is 32.1. The van der Waals surface area contributed by atoms with Crippen molar-refractivity contribution in [1.29, 1.82) is 0 Å². The first-order chi connectivity index (χ1) is 12.1. The van der Waals surface area contributed by atoms with Crippen molar-refractivity contribution in [2.75, 3.05) is 7.11 Å². The van der Waals surface area contributed by atoms with Crippen LogP contribution >= 0.6 is 11.3 Å². The lowest BCUT2D eigenvalue weighted by Crippen LogP contribution is -2.52. The average molecular weight is 358 g/mol. The number of thiophene rings is 1. The molecule has 2 heterocycles. The number of hydrogen-bond donors (Lipinski definition) is 2. The minimum atomic E-state index is -0.694. The first kappa shape index (κ1) is 17.3. The molecule has 0 radical (unpaired) electrons. The number of hydrogen-bond acceptors (Lipinski definition) is 5. The Morgan fingerprint density at radius 1 is 1.32 bits per heavy atom. The van der Waals surface area contributed by atoms with E-state index in [9.17, 15) is 14.4 Å². The van der Waals surface area contributed by atoms with E-state index in [1.54, 1.807) is 7.11 Å². The number of methoxy groups -OCH3 is 1. The Morgan fingerprint density at radius 3 is 2.76 bits per heavy atom. The summed E-state index contributed by atoms with van der Waals surface area (Å²) in [7, 11) is 1.57. The predicted molar refractivity (Wildman–Crippen MR) is 94.1 cm³/mol. The molecular formula is C18H18N2O4S. The van der Waals surface area contributed by atoms with Gasteiger partial charge in [0.15, 0.2) is 0 Å². The number of ether oxygens (including phenoxy) is 1. The molecule has 1 atom stereocenters. The highest BCUT2D eigenvalue weighted by Crippen LogP contribution is 2.32. The van der Waals surface area contributed by atoms with E-state index in [0.717, 1.165) is 15.3 Å². The van der Waals surface area contributed by atoms with Crippen molar-refractivity contribution in [2.45, 2.75) is 25.5 Å². The number of carbonyl (C=O) groups is 3. The van der Waals surface area contributed by atoms with E-state index in [2.05, 4.69) is 10.6 Å². The molecule has 0 spiro atoms. The molecule has 7 heteroatoms. The lowest BCUT2D eigenvalue weighted by atomic mass is 10.1. The normalized spacial score (nSPS) is 17.2. The zero-order valence-corrected chi connectivity index (χ0v) is 14.5. The number of nitrogens with one attached hydrogen (secondary N) is 2. The monoisotopic (exact) mass is 358 g/mol. The van der Waals surface area contributed by atoms with Crippen molar-refractivity contribution in [3.05, 3.63) is 46.8 Å². The van der Waals surface area contributed by atoms with E-state index in [4.69, 9.17) is 4.74 Å². The fourth-order valence-electron chi connectivity index (χ4n) is 2.67. The largest absolute Gasteiger partial charge is 0.379 e. The fourth-order valence-corrected chi connectivity index (χ4v) is 3.81. The first-order valence-corrected chi connectivity index (χ1v) is 8.71. The van der Waals surface area contributed by atoms with Gasteiger partial charge in [-0.25, -0.2) is 0 Å². The van der Waals surface area contributed by atoms with E-state index in [0.29, 0.717) is 18.6 Å². The van der Waals surface area contributed by atoms with E-state index in [1.807, 2.05) is 36.4 Å². The van der Waals surface area contributed by atoms with Gasteiger partial charge in [-0.15, -0.1) is 11.3 Å². The van der Waals surface area contributed by atoms with Crippen LogP contribution in [0.2, 0.25) is 0 Å². The predicted octanol–water partition coefficient (Wildman–Crippen LogP) is 2.10. The quantitative estimate of drug-likeness (QED) is 0.802. The molecule has 3 rings (SSSR count). The third kappa shape index (κ3) is 3.94. The molecule has 1 saturated heterocycles. The smallest absolute Gasteiger partial charge is 0.253 e. The van der Waals surface area contributed by atoms with Crippen molar-refractivity contribution in [1.82, 2.24) is 10.6 Å². The Hall–Kier alpha value is -2.51. The van der Waals surface area contributed by atoms with Gasteiger partial charge < -0.3 is 10.1 Å². The summed E-state index contributed by atoms with van der Waals surface area (Å²) in [5.41, 5.74) is 1.51. The maximum absolute atomic E-state index is 12.7. The molecule has 0 saturated carbocycles. The second-order valence-corrected chi connectivity index (χ2v) is 6.86. The zero-order valence-electron chi connectivity index (χ0n) is 13.7. The summed E-state index contributed by atoms with van der Waals surface area (Å²) in [6, 6.07) is 10.9. The van der Waals surface area contributed by atoms with Crippen LogP contribution in [0.25, 0.3) is 10.4 Å². The highest BCUT2D eigenvalue weighted by molar-refractivity contribution is 7.15. The lowest BCUT2D eigenvalue weighted by Gasteiger charge is -2.21. The summed E-state index contributed by atoms with van der Waals surface area (Å²) >= 11 is 1.49. The molecule has 1 fully saturated rings. The molecule has 2 N–H and O–H groups in total. The number of benzene rings is 1. The van der Waals surface area contributed by atoms with Gasteiger partial charge in [-0.3, -0.25) is 19.7 Å². The van der Waals surface area contributed by atoms with Gasteiger partial charge in [0.05, 0.1) is 12.2 Å². The zero-order chi connectivity index (χ0) is 17.8. The average Bonchev–Trinajstić information content (AvgIpc) is 3.03. The summed E-state index contributed by atoms with van der Waals surface area (Å²) in [6.45, 7) is 0.315. The maximum atomic E-state index is 12.7. The third-order valence-corrected chi connectivity index (χ3v) is 5.09. The van der Waals surface area contributed by atoms with Crippen LogP contribution in [0, 0.1) is 0 Å². The standard InChI is InChI=1S/C18H18N2O4S/c1-24-10-15-12(9-14(25-15)11-5-3-2-4-6-11)17(22)19-13-7-8-16(21)20-18(13)23/h2-6,9,13H,7-8,10H2,1H3,(H,19,22)(H,20,21,23). The molecule has 1 aromatic heterocycles. The fraction of sp³-hybridized carbons (Fsp3) is 0.278. The van der Waals surface area contributed by atoms with Gasteiger partial charge in [0.1, 0.15) is 6.04 Å². The minimum absolute atomic E-state index is 0.223. The molecule has 130 valence electrons. The second-order valence-electron chi connectivity index (χ2n) is 5.72. The summed E-state index contributed by atoms with van der Waals surface area (Å²) in [5, 5.41) is 4.96. The number of imide groups is 1. The SMILES string of the molecule is COCc1sc(-c2ccccc2)cc1C(=O)NC1CCC(=O)NC1=O. The number of amides is 3. The van der Waals surface area contributed by atoms with Crippen molar-refractivity contribution in [3.8, 4) is 10.4 Å². The summed E-state index contributed by atoms with van der Waals surface area (Å²) in [5.74, 6) is -1.10. The van der Waals surface area contributed by atoms with Crippen LogP contribution in [0.3, 0.4) is 0 Å². The first-order valence-electron chi connectivity index (χ1n) is 7.90. The molecule has 1 unspecified atom stereocenters. The van der Waals surface area contributed by atoms with Gasteiger partial charge in [-0.1, -0.05) is 30.3 Å².